The second kappa shape index (κ2) is 6.95. The molecule has 5 nitrogen and oxygen atoms in total. The molecular formula is C14H23N3O2S. The molecule has 0 bridgehead atoms. The van der Waals surface area contributed by atoms with Gasteiger partial charge < -0.3 is 10.2 Å². The van der Waals surface area contributed by atoms with Crippen LogP contribution in [0.1, 0.15) is 19.8 Å². The highest BCUT2D eigenvalue weighted by Crippen LogP contribution is 2.19. The van der Waals surface area contributed by atoms with Gasteiger partial charge in [0.1, 0.15) is 0 Å². The molecule has 0 aliphatic carbocycles. The maximum Gasteiger partial charge on any atom is 0.232 e. The van der Waals surface area contributed by atoms with Gasteiger partial charge in [-0.25, -0.2) is 8.42 Å². The van der Waals surface area contributed by atoms with Crippen molar-refractivity contribution in [1.29, 1.82) is 0 Å². The van der Waals surface area contributed by atoms with Crippen molar-refractivity contribution in [3.05, 3.63) is 24.3 Å². The van der Waals surface area contributed by atoms with Crippen molar-refractivity contribution < 1.29 is 8.42 Å². The van der Waals surface area contributed by atoms with Gasteiger partial charge in [-0.1, -0.05) is 13.3 Å². The molecule has 2 rings (SSSR count). The van der Waals surface area contributed by atoms with Crippen molar-refractivity contribution in [3.8, 4) is 0 Å². The molecule has 112 valence electrons. The lowest BCUT2D eigenvalue weighted by molar-refractivity contribution is 0.589. The monoisotopic (exact) mass is 297 g/mol. The zero-order valence-electron chi connectivity index (χ0n) is 11.9. The minimum atomic E-state index is -3.21. The van der Waals surface area contributed by atoms with Gasteiger partial charge in [0.2, 0.25) is 10.0 Å². The van der Waals surface area contributed by atoms with Crippen LogP contribution in [-0.4, -0.2) is 40.3 Å². The number of sulfonamides is 1. The highest BCUT2D eigenvalue weighted by molar-refractivity contribution is 7.92. The van der Waals surface area contributed by atoms with Gasteiger partial charge in [-0.15, -0.1) is 0 Å². The van der Waals surface area contributed by atoms with E-state index in [1.54, 1.807) is 0 Å². The van der Waals surface area contributed by atoms with Gasteiger partial charge >= 0.3 is 0 Å². The summed E-state index contributed by atoms with van der Waals surface area (Å²) < 4.78 is 26.3. The zero-order valence-corrected chi connectivity index (χ0v) is 12.7. The van der Waals surface area contributed by atoms with Crippen molar-refractivity contribution in [2.24, 2.45) is 0 Å². The minimum Gasteiger partial charge on any atom is -0.369 e. The third-order valence-corrected chi connectivity index (χ3v) is 4.76. The summed E-state index contributed by atoms with van der Waals surface area (Å²) in [5.41, 5.74) is 1.78. The smallest absolute Gasteiger partial charge is 0.232 e. The Kier molecular flexibility index (Phi) is 5.25. The standard InChI is InChI=1S/C14H23N3O2S/c1-2-3-12-20(18,19)16-13-4-6-14(7-5-13)17-10-8-15-9-11-17/h4-7,15-16H,2-3,8-12H2,1H3. The highest BCUT2D eigenvalue weighted by atomic mass is 32.2. The predicted molar refractivity (Wildman–Crippen MR) is 83.8 cm³/mol. The van der Waals surface area contributed by atoms with Gasteiger partial charge in [0.15, 0.2) is 0 Å². The van der Waals surface area contributed by atoms with E-state index in [0.29, 0.717) is 12.1 Å². The SMILES string of the molecule is CCCCS(=O)(=O)Nc1ccc(N2CCNCC2)cc1. The number of unbranched alkanes of at least 4 members (excludes halogenated alkanes) is 1. The molecule has 0 aromatic heterocycles. The first kappa shape index (κ1) is 15.1. The molecule has 0 spiro atoms. The molecule has 0 unspecified atom stereocenters. The Morgan fingerprint density at radius 3 is 2.45 bits per heavy atom. The molecule has 2 N–H and O–H groups in total. The number of hydrogen-bond acceptors (Lipinski definition) is 4. The van der Waals surface area contributed by atoms with Crippen LogP contribution in [0.2, 0.25) is 0 Å². The van der Waals surface area contributed by atoms with Crippen molar-refractivity contribution in [2.75, 3.05) is 41.6 Å². The van der Waals surface area contributed by atoms with Gasteiger partial charge in [-0.05, 0) is 30.7 Å². The fourth-order valence-corrected chi connectivity index (χ4v) is 3.49. The van der Waals surface area contributed by atoms with Gasteiger partial charge in [0.05, 0.1) is 5.75 Å². The Hall–Kier alpha value is -1.27. The summed E-state index contributed by atoms with van der Waals surface area (Å²) in [6.45, 7) is 5.94. The third-order valence-electron chi connectivity index (χ3n) is 3.39. The second-order valence-electron chi connectivity index (χ2n) is 5.06. The first-order valence-corrected chi connectivity index (χ1v) is 8.82. The first-order valence-electron chi connectivity index (χ1n) is 7.17. The average molecular weight is 297 g/mol. The van der Waals surface area contributed by atoms with Gasteiger partial charge in [0.25, 0.3) is 0 Å². The van der Waals surface area contributed by atoms with Crippen LogP contribution in [0, 0.1) is 0 Å². The summed E-state index contributed by atoms with van der Waals surface area (Å²) in [5, 5.41) is 3.31. The number of hydrogen-bond donors (Lipinski definition) is 2. The lowest BCUT2D eigenvalue weighted by Gasteiger charge is -2.29. The summed E-state index contributed by atoms with van der Waals surface area (Å²) >= 11 is 0. The summed E-state index contributed by atoms with van der Waals surface area (Å²) in [6, 6.07) is 7.62. The number of nitrogens with one attached hydrogen (secondary N) is 2. The molecule has 0 amide bonds. The molecule has 1 aliphatic heterocycles. The van der Waals surface area contributed by atoms with E-state index < -0.39 is 10.0 Å². The average Bonchev–Trinajstić information content (AvgIpc) is 2.46. The molecule has 1 aromatic carbocycles. The third kappa shape index (κ3) is 4.38. The first-order chi connectivity index (χ1) is 9.61. The summed E-state index contributed by atoms with van der Waals surface area (Å²) in [7, 11) is -3.21. The van der Waals surface area contributed by atoms with Gasteiger partial charge in [-0.2, -0.15) is 0 Å². The highest BCUT2D eigenvalue weighted by Gasteiger charge is 2.12. The lowest BCUT2D eigenvalue weighted by Crippen LogP contribution is -2.43. The van der Waals surface area contributed by atoms with Crippen LogP contribution in [-0.2, 0) is 10.0 Å². The van der Waals surface area contributed by atoms with Crippen LogP contribution >= 0.6 is 0 Å². The van der Waals surface area contributed by atoms with Crippen LogP contribution in [0.5, 0.6) is 0 Å². The molecule has 20 heavy (non-hydrogen) atoms. The quantitative estimate of drug-likeness (QED) is 0.838. The molecule has 0 saturated carbocycles. The van der Waals surface area contributed by atoms with Gasteiger partial charge in [0, 0.05) is 37.6 Å². The Balaban J connectivity index is 1.97. The minimum absolute atomic E-state index is 0.184. The van der Waals surface area contributed by atoms with Crippen molar-refractivity contribution in [1.82, 2.24) is 5.32 Å². The Morgan fingerprint density at radius 1 is 1.20 bits per heavy atom. The van der Waals surface area contributed by atoms with E-state index in [9.17, 15) is 8.42 Å². The summed E-state index contributed by atoms with van der Waals surface area (Å²) in [4.78, 5) is 2.30. The summed E-state index contributed by atoms with van der Waals surface area (Å²) in [5.74, 6) is 0.184. The number of piperazine rings is 1. The Bertz CT molecular complexity index is 508. The van der Waals surface area contributed by atoms with E-state index in [0.717, 1.165) is 38.3 Å². The maximum absolute atomic E-state index is 11.8. The topological polar surface area (TPSA) is 61.4 Å². The largest absolute Gasteiger partial charge is 0.369 e. The fourth-order valence-electron chi connectivity index (χ4n) is 2.23. The predicted octanol–water partition coefficient (Wildman–Crippen LogP) is 1.64. The fraction of sp³-hybridized carbons (Fsp3) is 0.571. The number of anilines is 2. The number of rotatable bonds is 6. The Labute approximate surface area is 121 Å². The van der Waals surface area contributed by atoms with E-state index in [4.69, 9.17) is 0 Å². The van der Waals surface area contributed by atoms with Crippen LogP contribution in [0.15, 0.2) is 24.3 Å². The van der Waals surface area contributed by atoms with E-state index in [-0.39, 0.29) is 5.75 Å². The molecule has 1 fully saturated rings. The summed E-state index contributed by atoms with van der Waals surface area (Å²) in [6.07, 6.45) is 1.57. The van der Waals surface area contributed by atoms with Crippen LogP contribution < -0.4 is 14.9 Å². The maximum atomic E-state index is 11.8. The molecule has 0 radical (unpaired) electrons. The van der Waals surface area contributed by atoms with Crippen molar-refractivity contribution in [3.63, 3.8) is 0 Å². The van der Waals surface area contributed by atoms with E-state index in [1.165, 1.54) is 0 Å². The van der Waals surface area contributed by atoms with Crippen LogP contribution in [0.4, 0.5) is 11.4 Å². The normalized spacial score (nSPS) is 16.1. The van der Waals surface area contributed by atoms with Crippen LogP contribution in [0.3, 0.4) is 0 Å². The van der Waals surface area contributed by atoms with E-state index in [2.05, 4.69) is 14.9 Å². The number of nitrogens with zero attached hydrogens (tertiary/aromatic N) is 1. The zero-order chi connectivity index (χ0) is 14.4. The molecule has 1 saturated heterocycles. The Morgan fingerprint density at radius 2 is 1.85 bits per heavy atom. The van der Waals surface area contributed by atoms with E-state index >= 15 is 0 Å². The van der Waals surface area contributed by atoms with Crippen molar-refractivity contribution >= 4 is 21.4 Å². The van der Waals surface area contributed by atoms with Gasteiger partial charge in [-0.3, -0.25) is 4.72 Å². The molecule has 1 aromatic rings. The van der Waals surface area contributed by atoms with Crippen molar-refractivity contribution in [2.45, 2.75) is 19.8 Å². The molecule has 6 heteroatoms. The molecular weight excluding hydrogens is 274 g/mol. The lowest BCUT2D eigenvalue weighted by atomic mass is 10.2. The molecule has 0 atom stereocenters. The molecule has 1 aliphatic rings. The molecule has 1 heterocycles. The van der Waals surface area contributed by atoms with E-state index in [1.807, 2.05) is 31.2 Å². The number of benzene rings is 1. The van der Waals surface area contributed by atoms with Crippen LogP contribution in [0.25, 0.3) is 0 Å². The second-order valence-corrected chi connectivity index (χ2v) is 6.90.